The van der Waals surface area contributed by atoms with Gasteiger partial charge in [-0.05, 0) is 32.5 Å². The van der Waals surface area contributed by atoms with Gasteiger partial charge < -0.3 is 9.16 Å². The molecule has 0 atom stereocenters. The van der Waals surface area contributed by atoms with E-state index in [1.807, 2.05) is 0 Å². The lowest BCUT2D eigenvalue weighted by Gasteiger charge is -2.29. The molecule has 11 heavy (non-hydrogen) atoms. The SMILES string of the molecule is C[Si](C)(C)OC1CCOCC1. The Morgan fingerprint density at radius 1 is 1.18 bits per heavy atom. The molecule has 1 fully saturated rings. The minimum atomic E-state index is -1.30. The fraction of sp³-hybridized carbons (Fsp3) is 1.00. The summed E-state index contributed by atoms with van der Waals surface area (Å²) < 4.78 is 11.2. The second kappa shape index (κ2) is 3.69. The van der Waals surface area contributed by atoms with Gasteiger partial charge in [-0.15, -0.1) is 0 Å². The first-order valence-electron chi connectivity index (χ1n) is 4.33. The van der Waals surface area contributed by atoms with Gasteiger partial charge in [0.25, 0.3) is 0 Å². The number of hydrogen-bond acceptors (Lipinski definition) is 2. The average Bonchev–Trinajstić information content (AvgIpc) is 1.85. The molecule has 0 aliphatic carbocycles. The van der Waals surface area contributed by atoms with Crippen LogP contribution in [0.1, 0.15) is 12.8 Å². The molecule has 1 aliphatic rings. The van der Waals surface area contributed by atoms with E-state index in [0.29, 0.717) is 6.10 Å². The molecule has 1 aliphatic heterocycles. The van der Waals surface area contributed by atoms with Crippen molar-refractivity contribution in [2.24, 2.45) is 0 Å². The van der Waals surface area contributed by atoms with Crippen LogP contribution >= 0.6 is 0 Å². The molecule has 0 spiro atoms. The Kier molecular flexibility index (Phi) is 3.10. The molecular weight excluding hydrogens is 156 g/mol. The highest BCUT2D eigenvalue weighted by Gasteiger charge is 2.22. The van der Waals surface area contributed by atoms with Gasteiger partial charge in [0.2, 0.25) is 0 Å². The molecule has 0 unspecified atom stereocenters. The van der Waals surface area contributed by atoms with Crippen molar-refractivity contribution in [2.45, 2.75) is 38.6 Å². The highest BCUT2D eigenvalue weighted by Crippen LogP contribution is 2.16. The Morgan fingerprint density at radius 2 is 1.73 bits per heavy atom. The van der Waals surface area contributed by atoms with E-state index in [9.17, 15) is 0 Å². The number of hydrogen-bond donors (Lipinski definition) is 0. The summed E-state index contributed by atoms with van der Waals surface area (Å²) in [6.45, 7) is 8.48. The third kappa shape index (κ3) is 3.89. The van der Waals surface area contributed by atoms with E-state index in [1.165, 1.54) is 0 Å². The molecule has 0 bridgehead atoms. The summed E-state index contributed by atoms with van der Waals surface area (Å²) >= 11 is 0. The topological polar surface area (TPSA) is 18.5 Å². The summed E-state index contributed by atoms with van der Waals surface area (Å²) in [6, 6.07) is 0. The molecule has 0 N–H and O–H groups in total. The molecule has 3 heteroatoms. The van der Waals surface area contributed by atoms with Crippen LogP contribution in [0.4, 0.5) is 0 Å². The van der Waals surface area contributed by atoms with E-state index in [4.69, 9.17) is 9.16 Å². The summed E-state index contributed by atoms with van der Waals surface area (Å²) in [5.74, 6) is 0. The molecule has 0 aromatic rings. The molecular formula is C8H18O2Si. The van der Waals surface area contributed by atoms with Crippen molar-refractivity contribution in [3.05, 3.63) is 0 Å². The molecule has 1 rings (SSSR count). The van der Waals surface area contributed by atoms with Gasteiger partial charge in [-0.1, -0.05) is 0 Å². The Bertz CT molecular complexity index is 114. The van der Waals surface area contributed by atoms with Crippen molar-refractivity contribution in [3.8, 4) is 0 Å². The van der Waals surface area contributed by atoms with Gasteiger partial charge in [0.1, 0.15) is 0 Å². The third-order valence-electron chi connectivity index (χ3n) is 1.69. The van der Waals surface area contributed by atoms with Gasteiger partial charge in [-0.2, -0.15) is 0 Å². The van der Waals surface area contributed by atoms with Gasteiger partial charge in [0.05, 0.1) is 0 Å². The standard InChI is InChI=1S/C8H18O2Si/c1-11(2,3)10-8-4-6-9-7-5-8/h8H,4-7H2,1-3H3. The van der Waals surface area contributed by atoms with Gasteiger partial charge in [0, 0.05) is 19.3 Å². The fourth-order valence-corrected chi connectivity index (χ4v) is 2.53. The van der Waals surface area contributed by atoms with Gasteiger partial charge in [-0.3, -0.25) is 0 Å². The monoisotopic (exact) mass is 174 g/mol. The van der Waals surface area contributed by atoms with Crippen LogP contribution < -0.4 is 0 Å². The minimum Gasteiger partial charge on any atom is -0.415 e. The van der Waals surface area contributed by atoms with E-state index in [-0.39, 0.29) is 0 Å². The summed E-state index contributed by atoms with van der Waals surface area (Å²) in [7, 11) is -1.30. The van der Waals surface area contributed by atoms with Gasteiger partial charge in [0.15, 0.2) is 8.32 Å². The molecule has 0 amide bonds. The van der Waals surface area contributed by atoms with Crippen LogP contribution in [0, 0.1) is 0 Å². The molecule has 1 saturated heterocycles. The predicted octanol–water partition coefficient (Wildman–Crippen LogP) is 2.02. The zero-order chi connectivity index (χ0) is 8.32. The Morgan fingerprint density at radius 3 is 2.18 bits per heavy atom. The lowest BCUT2D eigenvalue weighted by molar-refractivity contribution is 0.0223. The van der Waals surface area contributed by atoms with Crippen LogP contribution in [0.2, 0.25) is 19.6 Å². The molecule has 1 heterocycles. The first-order chi connectivity index (χ1) is 5.08. The zero-order valence-electron chi connectivity index (χ0n) is 7.72. The molecule has 0 aromatic heterocycles. The quantitative estimate of drug-likeness (QED) is 0.596. The lowest BCUT2D eigenvalue weighted by Crippen LogP contribution is -2.35. The van der Waals surface area contributed by atoms with Crippen molar-refractivity contribution in [3.63, 3.8) is 0 Å². The van der Waals surface area contributed by atoms with E-state index >= 15 is 0 Å². The third-order valence-corrected chi connectivity index (χ3v) is 2.73. The van der Waals surface area contributed by atoms with Crippen LogP contribution in [0.15, 0.2) is 0 Å². The second-order valence-corrected chi connectivity index (χ2v) is 8.50. The van der Waals surface area contributed by atoms with Crippen molar-refractivity contribution in [1.82, 2.24) is 0 Å². The zero-order valence-corrected chi connectivity index (χ0v) is 8.72. The average molecular weight is 174 g/mol. The molecule has 0 aromatic carbocycles. The smallest absolute Gasteiger partial charge is 0.184 e. The number of ether oxygens (including phenoxy) is 1. The normalized spacial score (nSPS) is 22.1. The maximum absolute atomic E-state index is 5.94. The highest BCUT2D eigenvalue weighted by molar-refractivity contribution is 6.69. The summed E-state index contributed by atoms with van der Waals surface area (Å²) in [5, 5.41) is 0. The first-order valence-corrected chi connectivity index (χ1v) is 7.74. The lowest BCUT2D eigenvalue weighted by atomic mass is 10.2. The minimum absolute atomic E-state index is 0.482. The fourth-order valence-electron chi connectivity index (χ4n) is 1.29. The summed E-state index contributed by atoms with van der Waals surface area (Å²) in [4.78, 5) is 0. The van der Waals surface area contributed by atoms with E-state index < -0.39 is 8.32 Å². The van der Waals surface area contributed by atoms with E-state index in [1.54, 1.807) is 0 Å². The number of rotatable bonds is 2. The van der Waals surface area contributed by atoms with Crippen LogP contribution in [-0.2, 0) is 9.16 Å². The summed E-state index contributed by atoms with van der Waals surface area (Å²) in [6.07, 6.45) is 2.66. The van der Waals surface area contributed by atoms with E-state index in [0.717, 1.165) is 26.1 Å². The van der Waals surface area contributed by atoms with Crippen molar-refractivity contribution in [2.75, 3.05) is 13.2 Å². The van der Waals surface area contributed by atoms with Crippen molar-refractivity contribution >= 4 is 8.32 Å². The second-order valence-electron chi connectivity index (χ2n) is 4.04. The molecule has 0 saturated carbocycles. The van der Waals surface area contributed by atoms with E-state index in [2.05, 4.69) is 19.6 Å². The van der Waals surface area contributed by atoms with Gasteiger partial charge in [-0.25, -0.2) is 0 Å². The van der Waals surface area contributed by atoms with Crippen LogP contribution in [0.25, 0.3) is 0 Å². The molecule has 2 nitrogen and oxygen atoms in total. The predicted molar refractivity (Wildman–Crippen MR) is 48.3 cm³/mol. The Hall–Kier alpha value is 0.137. The summed E-state index contributed by atoms with van der Waals surface area (Å²) in [5.41, 5.74) is 0. The Balaban J connectivity index is 2.24. The van der Waals surface area contributed by atoms with Gasteiger partial charge >= 0.3 is 0 Å². The molecule has 0 radical (unpaired) electrons. The molecule has 66 valence electrons. The van der Waals surface area contributed by atoms with Crippen LogP contribution in [0.3, 0.4) is 0 Å². The largest absolute Gasteiger partial charge is 0.415 e. The van der Waals surface area contributed by atoms with Crippen LogP contribution in [-0.4, -0.2) is 27.6 Å². The Labute approximate surface area is 70.0 Å². The van der Waals surface area contributed by atoms with Crippen LogP contribution in [0.5, 0.6) is 0 Å². The highest BCUT2D eigenvalue weighted by atomic mass is 28.4. The first kappa shape index (κ1) is 9.23. The maximum atomic E-state index is 5.94. The van der Waals surface area contributed by atoms with Crippen molar-refractivity contribution in [1.29, 1.82) is 0 Å². The van der Waals surface area contributed by atoms with Crippen molar-refractivity contribution < 1.29 is 9.16 Å². The maximum Gasteiger partial charge on any atom is 0.184 e.